The molecule has 3 N–H and O–H groups in total. The van der Waals surface area contributed by atoms with Crippen molar-refractivity contribution >= 4 is 6.34 Å². The Balaban J connectivity index is 1.66. The molecular weight excluding hydrogens is 499 g/mol. The molecule has 7 nitrogen and oxygen atoms in total. The van der Waals surface area contributed by atoms with Crippen LogP contribution in [0.4, 0.5) is 30.7 Å². The number of nitrogens with zero attached hydrogens (tertiary/aromatic N) is 3. The summed E-state index contributed by atoms with van der Waals surface area (Å²) >= 11 is 0. The molecule has 36 heavy (non-hydrogen) atoms. The van der Waals surface area contributed by atoms with Crippen LogP contribution in [0.25, 0.3) is 11.1 Å². The lowest BCUT2D eigenvalue weighted by Crippen LogP contribution is -2.54. The molecule has 0 saturated carbocycles. The van der Waals surface area contributed by atoms with Gasteiger partial charge in [-0.15, -0.1) is 18.7 Å². The molecule has 3 aromatic rings. The van der Waals surface area contributed by atoms with E-state index in [1.165, 1.54) is 18.2 Å². The van der Waals surface area contributed by atoms with Gasteiger partial charge in [0, 0.05) is 23.4 Å². The van der Waals surface area contributed by atoms with Gasteiger partial charge in [0.1, 0.15) is 29.4 Å². The number of ether oxygens (including phenoxy) is 1. The largest absolute Gasteiger partial charge is 0.573 e. The van der Waals surface area contributed by atoms with Crippen molar-refractivity contribution in [1.82, 2.24) is 21.1 Å². The Hall–Kier alpha value is -3.91. The minimum absolute atomic E-state index is 0.266. The molecule has 0 spiro atoms. The maximum Gasteiger partial charge on any atom is 0.573 e. The van der Waals surface area contributed by atoms with E-state index in [-0.39, 0.29) is 5.56 Å². The second-order valence-electron chi connectivity index (χ2n) is 7.66. The maximum absolute atomic E-state index is 15.8. The third-order valence-corrected chi connectivity index (χ3v) is 5.26. The molecule has 14 heteroatoms. The van der Waals surface area contributed by atoms with Crippen molar-refractivity contribution in [3.8, 4) is 16.9 Å². The summed E-state index contributed by atoms with van der Waals surface area (Å²) in [6.07, 6.45) is -2.82. The molecule has 0 unspecified atom stereocenters. The van der Waals surface area contributed by atoms with Crippen molar-refractivity contribution in [2.45, 2.75) is 17.9 Å². The molecule has 0 fully saturated rings. The average molecular weight is 515 g/mol. The summed E-state index contributed by atoms with van der Waals surface area (Å²) in [5.41, 5.74) is 0.135. The first-order valence-electron chi connectivity index (χ1n) is 10.1. The summed E-state index contributed by atoms with van der Waals surface area (Å²) in [5.74, 6) is -7.12. The Bertz CT molecular complexity index is 1250. The van der Waals surface area contributed by atoms with Gasteiger partial charge in [0.25, 0.3) is 0 Å². The molecule has 0 aliphatic carbocycles. The van der Waals surface area contributed by atoms with Gasteiger partial charge in [0.2, 0.25) is 0 Å². The molecule has 0 amide bonds. The molecule has 2 heterocycles. The Morgan fingerprint density at radius 3 is 2.17 bits per heavy atom. The maximum atomic E-state index is 15.8. The molecule has 190 valence electrons. The number of halogens is 7. The van der Waals surface area contributed by atoms with Crippen LogP contribution in [0.1, 0.15) is 11.3 Å². The summed E-state index contributed by atoms with van der Waals surface area (Å²) in [6, 6.07) is 8.50. The third kappa shape index (κ3) is 5.04. The van der Waals surface area contributed by atoms with Gasteiger partial charge in [0.05, 0.1) is 6.54 Å². The number of aromatic nitrogens is 1. The van der Waals surface area contributed by atoms with E-state index in [0.717, 1.165) is 41.8 Å². The van der Waals surface area contributed by atoms with Crippen LogP contribution in [0.15, 0.2) is 65.9 Å². The molecule has 0 bridgehead atoms. The van der Waals surface area contributed by atoms with E-state index in [1.807, 2.05) is 0 Å². The predicted octanol–water partition coefficient (Wildman–Crippen LogP) is 4.17. The molecule has 0 radical (unpaired) electrons. The van der Waals surface area contributed by atoms with Gasteiger partial charge in [-0.05, 0) is 35.9 Å². The Morgan fingerprint density at radius 2 is 1.61 bits per heavy atom. The molecule has 1 aliphatic rings. The molecule has 1 aromatic heterocycles. The first-order valence-corrected chi connectivity index (χ1v) is 10.1. The monoisotopic (exact) mass is 515 g/mol. The van der Waals surface area contributed by atoms with Gasteiger partial charge in [-0.1, -0.05) is 18.2 Å². The normalized spacial score (nSPS) is 15.5. The van der Waals surface area contributed by atoms with Crippen LogP contribution in [0.5, 0.6) is 5.75 Å². The van der Waals surface area contributed by atoms with Crippen LogP contribution in [0, 0.1) is 11.6 Å². The molecule has 1 atom stereocenters. The number of hydrazone groups is 1. The number of hydrogen-bond donors (Lipinski definition) is 3. The topological polar surface area (TPSA) is 82.0 Å². The quantitative estimate of drug-likeness (QED) is 0.410. The van der Waals surface area contributed by atoms with Gasteiger partial charge < -0.3 is 9.84 Å². The summed E-state index contributed by atoms with van der Waals surface area (Å²) in [7, 11) is 0. The highest BCUT2D eigenvalue weighted by Crippen LogP contribution is 2.46. The van der Waals surface area contributed by atoms with E-state index in [1.54, 1.807) is 0 Å². The number of rotatable bonds is 7. The van der Waals surface area contributed by atoms with Gasteiger partial charge in [0.15, 0.2) is 5.60 Å². The zero-order valence-corrected chi connectivity index (χ0v) is 17.9. The first kappa shape index (κ1) is 25.2. The van der Waals surface area contributed by atoms with Crippen molar-refractivity contribution in [1.29, 1.82) is 0 Å². The number of hydrogen-bond acceptors (Lipinski definition) is 7. The van der Waals surface area contributed by atoms with Gasteiger partial charge in [-0.25, -0.2) is 14.3 Å². The van der Waals surface area contributed by atoms with Gasteiger partial charge in [-0.2, -0.15) is 13.9 Å². The zero-order chi connectivity index (χ0) is 26.1. The van der Waals surface area contributed by atoms with Crippen molar-refractivity contribution < 1.29 is 40.6 Å². The third-order valence-electron chi connectivity index (χ3n) is 5.26. The van der Waals surface area contributed by atoms with E-state index in [4.69, 9.17) is 0 Å². The van der Waals surface area contributed by atoms with E-state index in [2.05, 4.69) is 25.9 Å². The van der Waals surface area contributed by atoms with Crippen LogP contribution in [0.3, 0.4) is 0 Å². The smallest absolute Gasteiger partial charge is 0.406 e. The van der Waals surface area contributed by atoms with Crippen molar-refractivity contribution in [2.75, 3.05) is 6.54 Å². The number of benzene rings is 2. The van der Waals surface area contributed by atoms with Crippen LogP contribution >= 0.6 is 0 Å². The first-order chi connectivity index (χ1) is 16.9. The molecular formula is C22H16F7N5O2. The lowest BCUT2D eigenvalue weighted by molar-refractivity contribution is -0.274. The van der Waals surface area contributed by atoms with Gasteiger partial charge in [-0.3, -0.25) is 9.99 Å². The Labute approximate surface area is 198 Å². The summed E-state index contributed by atoms with van der Waals surface area (Å²) in [5, 5.41) is 15.7. The lowest BCUT2D eigenvalue weighted by Gasteiger charge is -2.38. The van der Waals surface area contributed by atoms with E-state index in [9.17, 15) is 27.1 Å². The molecule has 1 aliphatic heterocycles. The van der Waals surface area contributed by atoms with Crippen LogP contribution < -0.4 is 15.8 Å². The Kier molecular flexibility index (Phi) is 6.49. The number of alkyl halides is 5. The fourth-order valence-electron chi connectivity index (χ4n) is 3.54. The van der Waals surface area contributed by atoms with Crippen LogP contribution in [-0.4, -0.2) is 34.3 Å². The summed E-state index contributed by atoms with van der Waals surface area (Å²) in [4.78, 5) is 3.72. The second kappa shape index (κ2) is 9.28. The highest BCUT2D eigenvalue weighted by Gasteiger charge is 2.58. The van der Waals surface area contributed by atoms with Crippen LogP contribution in [-0.2, 0) is 11.5 Å². The summed E-state index contributed by atoms with van der Waals surface area (Å²) < 4.78 is 100. The summed E-state index contributed by atoms with van der Waals surface area (Å²) in [6.45, 7) is -0.927. The van der Waals surface area contributed by atoms with Crippen molar-refractivity contribution in [2.24, 2.45) is 5.10 Å². The molecule has 2 aromatic carbocycles. The number of hydrazine groups is 2. The second-order valence-corrected chi connectivity index (χ2v) is 7.66. The van der Waals surface area contributed by atoms with Gasteiger partial charge >= 0.3 is 12.3 Å². The highest BCUT2D eigenvalue weighted by atomic mass is 19.4. The molecule has 0 saturated heterocycles. The minimum atomic E-state index is -4.87. The predicted molar refractivity (Wildman–Crippen MR) is 112 cm³/mol. The molecule has 4 rings (SSSR count). The highest BCUT2D eigenvalue weighted by molar-refractivity contribution is 5.63. The Morgan fingerprint density at radius 1 is 0.917 bits per heavy atom. The number of nitrogens with one attached hydrogen (secondary N) is 2. The SMILES string of the molecule is O[C@@](CN1C=NNN1)(c1ccc(F)cc1F)C(F)(F)c1ccc(-c2ccc(OC(F)(F)F)cc2)cn1. The minimum Gasteiger partial charge on any atom is -0.406 e. The van der Waals surface area contributed by atoms with Crippen molar-refractivity contribution in [3.05, 3.63) is 83.7 Å². The standard InChI is InChI=1S/C22H16F7N5O2/c23-15-4-7-17(18(24)9-15)20(35,11-34-12-31-32-33-34)21(25,26)19-8-3-14(10-30-19)13-1-5-16(6-2-13)36-22(27,28)29/h1-10,12,32-33,35H,11H2/t20-/m0/s1. The zero-order valence-electron chi connectivity index (χ0n) is 17.9. The number of pyridine rings is 1. The number of β-amino-alcohol motifs (C(OH)–C–C–N with tert-alkyl or cyclic N) is 1. The fraction of sp³-hybridized carbons (Fsp3) is 0.182. The van der Waals surface area contributed by atoms with Crippen LogP contribution in [0.2, 0.25) is 0 Å². The fourth-order valence-corrected chi connectivity index (χ4v) is 3.54. The lowest BCUT2D eigenvalue weighted by atomic mass is 9.84. The van der Waals surface area contributed by atoms with E-state index in [0.29, 0.717) is 17.7 Å². The van der Waals surface area contributed by atoms with E-state index < -0.39 is 53.1 Å². The van der Waals surface area contributed by atoms with E-state index >= 15 is 8.78 Å². The number of aliphatic hydroxyl groups is 1. The average Bonchev–Trinajstić information content (AvgIpc) is 3.31. The van der Waals surface area contributed by atoms with Crippen molar-refractivity contribution in [3.63, 3.8) is 0 Å².